The van der Waals surface area contributed by atoms with Gasteiger partial charge in [-0.3, -0.25) is 9.59 Å². The molecule has 5 heteroatoms. The molecule has 0 radical (unpaired) electrons. The Labute approximate surface area is 119 Å². The van der Waals surface area contributed by atoms with E-state index in [9.17, 15) is 9.59 Å². The van der Waals surface area contributed by atoms with Crippen LogP contribution in [0.1, 0.15) is 43.5 Å². The molecule has 0 fully saturated rings. The average molecular weight is 277 g/mol. The molecular weight excluding hydrogens is 254 g/mol. The van der Waals surface area contributed by atoms with Crippen LogP contribution >= 0.6 is 0 Å². The molecule has 0 bridgehead atoms. The van der Waals surface area contributed by atoms with E-state index in [0.29, 0.717) is 24.2 Å². The molecular formula is C15H23N3O2. The van der Waals surface area contributed by atoms with Crippen LogP contribution in [0.15, 0.2) is 24.3 Å². The third-order valence-corrected chi connectivity index (χ3v) is 2.94. The van der Waals surface area contributed by atoms with Crippen LogP contribution in [0.5, 0.6) is 0 Å². The topological polar surface area (TPSA) is 84.2 Å². The highest BCUT2D eigenvalue weighted by Gasteiger charge is 2.13. The van der Waals surface area contributed by atoms with Crippen molar-refractivity contribution in [2.24, 2.45) is 5.73 Å². The van der Waals surface area contributed by atoms with Crippen LogP contribution in [-0.4, -0.2) is 24.4 Å². The zero-order valence-corrected chi connectivity index (χ0v) is 12.1. The molecule has 4 N–H and O–H groups in total. The van der Waals surface area contributed by atoms with Crippen LogP contribution in [0, 0.1) is 0 Å². The molecule has 5 nitrogen and oxygen atoms in total. The van der Waals surface area contributed by atoms with Gasteiger partial charge in [-0.25, -0.2) is 0 Å². The van der Waals surface area contributed by atoms with E-state index < -0.39 is 6.04 Å². The van der Waals surface area contributed by atoms with Crippen molar-refractivity contribution in [3.63, 3.8) is 0 Å². The molecule has 1 aromatic carbocycles. The molecule has 0 aliphatic heterocycles. The van der Waals surface area contributed by atoms with Crippen molar-refractivity contribution < 1.29 is 9.59 Å². The molecule has 0 aromatic heterocycles. The maximum Gasteiger partial charge on any atom is 0.251 e. The largest absolute Gasteiger partial charge is 0.352 e. The Hall–Kier alpha value is -1.88. The minimum absolute atomic E-state index is 0.154. The van der Waals surface area contributed by atoms with Crippen molar-refractivity contribution in [3.05, 3.63) is 29.8 Å². The zero-order valence-electron chi connectivity index (χ0n) is 12.1. The lowest BCUT2D eigenvalue weighted by Crippen LogP contribution is -2.35. The molecule has 0 saturated heterocycles. The summed E-state index contributed by atoms with van der Waals surface area (Å²) >= 11 is 0. The van der Waals surface area contributed by atoms with Gasteiger partial charge in [0.25, 0.3) is 5.91 Å². The number of benzene rings is 1. The second kappa shape index (κ2) is 8.32. The van der Waals surface area contributed by atoms with E-state index in [2.05, 4.69) is 17.6 Å². The summed E-state index contributed by atoms with van der Waals surface area (Å²) < 4.78 is 0. The van der Waals surface area contributed by atoms with Gasteiger partial charge < -0.3 is 16.4 Å². The smallest absolute Gasteiger partial charge is 0.251 e. The standard InChI is InChI=1S/C15H23N3O2/c1-3-5-9-13(16)15(20)18-12-8-6-7-11(10-12)14(19)17-4-2/h6-8,10,13H,3-5,9,16H2,1-2H3,(H,17,19)(H,18,20)/t13-/m0/s1. The van der Waals surface area contributed by atoms with Crippen LogP contribution in [-0.2, 0) is 4.79 Å². The van der Waals surface area contributed by atoms with Crippen LogP contribution in [0.4, 0.5) is 5.69 Å². The fraction of sp³-hybridized carbons (Fsp3) is 0.467. The van der Waals surface area contributed by atoms with E-state index >= 15 is 0 Å². The summed E-state index contributed by atoms with van der Waals surface area (Å²) in [7, 11) is 0. The minimum Gasteiger partial charge on any atom is -0.352 e. The fourth-order valence-corrected chi connectivity index (χ4v) is 1.79. The number of carbonyl (C=O) groups is 2. The first kappa shape index (κ1) is 16.2. The monoisotopic (exact) mass is 277 g/mol. The second-order valence-electron chi connectivity index (χ2n) is 4.68. The summed E-state index contributed by atoms with van der Waals surface area (Å²) in [6.45, 7) is 4.48. The van der Waals surface area contributed by atoms with E-state index in [1.807, 2.05) is 6.92 Å². The molecule has 2 amide bonds. The molecule has 0 aliphatic carbocycles. The van der Waals surface area contributed by atoms with E-state index in [0.717, 1.165) is 12.8 Å². The fourth-order valence-electron chi connectivity index (χ4n) is 1.79. The third kappa shape index (κ3) is 5.01. The average Bonchev–Trinajstić information content (AvgIpc) is 2.45. The second-order valence-corrected chi connectivity index (χ2v) is 4.68. The number of nitrogens with two attached hydrogens (primary N) is 1. The van der Waals surface area contributed by atoms with Crippen LogP contribution in [0.2, 0.25) is 0 Å². The van der Waals surface area contributed by atoms with Crippen LogP contribution < -0.4 is 16.4 Å². The SMILES string of the molecule is CCCC[C@H](N)C(=O)Nc1cccc(C(=O)NCC)c1. The molecule has 0 aliphatic rings. The van der Waals surface area contributed by atoms with Crippen molar-refractivity contribution >= 4 is 17.5 Å². The molecule has 0 heterocycles. The summed E-state index contributed by atoms with van der Waals surface area (Å²) in [5.74, 6) is -0.370. The van der Waals surface area contributed by atoms with Crippen LogP contribution in [0.3, 0.4) is 0 Å². The maximum absolute atomic E-state index is 11.9. The van der Waals surface area contributed by atoms with Gasteiger partial charge in [0.15, 0.2) is 0 Å². The van der Waals surface area contributed by atoms with Gasteiger partial charge in [-0.15, -0.1) is 0 Å². The first-order valence-corrected chi connectivity index (χ1v) is 7.03. The summed E-state index contributed by atoms with van der Waals surface area (Å²) in [5.41, 5.74) is 6.91. The number of carbonyl (C=O) groups excluding carboxylic acids is 2. The number of amides is 2. The molecule has 0 unspecified atom stereocenters. The molecule has 1 rings (SSSR count). The highest BCUT2D eigenvalue weighted by atomic mass is 16.2. The molecule has 0 spiro atoms. The van der Waals surface area contributed by atoms with Crippen molar-refractivity contribution in [2.45, 2.75) is 39.2 Å². The Morgan fingerprint density at radius 1 is 1.30 bits per heavy atom. The summed E-state index contributed by atoms with van der Waals surface area (Å²) in [6.07, 6.45) is 2.60. The minimum atomic E-state index is -0.511. The number of hydrogen-bond donors (Lipinski definition) is 3. The normalized spacial score (nSPS) is 11.8. The lowest BCUT2D eigenvalue weighted by Gasteiger charge is -2.12. The van der Waals surface area contributed by atoms with Gasteiger partial charge in [0.05, 0.1) is 6.04 Å². The van der Waals surface area contributed by atoms with Crippen molar-refractivity contribution in [3.8, 4) is 0 Å². The Morgan fingerprint density at radius 2 is 2.05 bits per heavy atom. The Kier molecular flexibility index (Phi) is 6.73. The van der Waals surface area contributed by atoms with Gasteiger partial charge in [0, 0.05) is 17.8 Å². The predicted octanol–water partition coefficient (Wildman–Crippen LogP) is 1.89. The number of anilines is 1. The molecule has 20 heavy (non-hydrogen) atoms. The lowest BCUT2D eigenvalue weighted by molar-refractivity contribution is -0.117. The first-order chi connectivity index (χ1) is 9.58. The molecule has 0 saturated carbocycles. The van der Waals surface area contributed by atoms with Crippen molar-refractivity contribution in [1.82, 2.24) is 5.32 Å². The summed E-state index contributed by atoms with van der Waals surface area (Å²) in [4.78, 5) is 23.6. The van der Waals surface area contributed by atoms with Gasteiger partial charge in [-0.05, 0) is 31.5 Å². The van der Waals surface area contributed by atoms with E-state index in [1.165, 1.54) is 0 Å². The van der Waals surface area contributed by atoms with E-state index in [1.54, 1.807) is 24.3 Å². The zero-order chi connectivity index (χ0) is 15.0. The van der Waals surface area contributed by atoms with E-state index in [4.69, 9.17) is 5.73 Å². The van der Waals surface area contributed by atoms with Gasteiger partial charge in [-0.2, -0.15) is 0 Å². The number of rotatable bonds is 7. The Bertz CT molecular complexity index is 460. The van der Waals surface area contributed by atoms with Crippen LogP contribution in [0.25, 0.3) is 0 Å². The van der Waals surface area contributed by atoms with Crippen molar-refractivity contribution in [2.75, 3.05) is 11.9 Å². The summed E-state index contributed by atoms with van der Waals surface area (Å²) in [6, 6.07) is 6.32. The lowest BCUT2D eigenvalue weighted by atomic mass is 10.1. The third-order valence-electron chi connectivity index (χ3n) is 2.94. The van der Waals surface area contributed by atoms with Gasteiger partial charge >= 0.3 is 0 Å². The highest BCUT2D eigenvalue weighted by molar-refractivity contribution is 5.98. The number of nitrogens with one attached hydrogen (secondary N) is 2. The van der Waals surface area contributed by atoms with E-state index in [-0.39, 0.29) is 11.8 Å². The number of unbranched alkanes of at least 4 members (excludes halogenated alkanes) is 1. The number of hydrogen-bond acceptors (Lipinski definition) is 3. The first-order valence-electron chi connectivity index (χ1n) is 7.03. The van der Waals surface area contributed by atoms with Crippen molar-refractivity contribution in [1.29, 1.82) is 0 Å². The Balaban J connectivity index is 2.66. The molecule has 110 valence electrons. The highest BCUT2D eigenvalue weighted by Crippen LogP contribution is 2.11. The van der Waals surface area contributed by atoms with Gasteiger partial charge in [0.2, 0.25) is 5.91 Å². The predicted molar refractivity (Wildman–Crippen MR) is 80.6 cm³/mol. The summed E-state index contributed by atoms with van der Waals surface area (Å²) in [5, 5.41) is 5.46. The van der Waals surface area contributed by atoms with Gasteiger partial charge in [-0.1, -0.05) is 25.8 Å². The quantitative estimate of drug-likeness (QED) is 0.711. The molecule has 1 atom stereocenters. The van der Waals surface area contributed by atoms with Gasteiger partial charge in [0.1, 0.15) is 0 Å². The molecule has 1 aromatic rings. The maximum atomic E-state index is 11.9. The Morgan fingerprint density at radius 3 is 2.70 bits per heavy atom.